The molecule has 23 heavy (non-hydrogen) atoms. The molecule has 0 spiro atoms. The number of hydrogen-bond donors (Lipinski definition) is 2. The Balaban J connectivity index is 0.000000132. The molecule has 0 amide bonds. The molecule has 7 heteroatoms. The third-order valence-electron chi connectivity index (χ3n) is 6.51. The third-order valence-corrected chi connectivity index (χ3v) is 6.51. The van der Waals surface area contributed by atoms with Crippen LogP contribution >= 0.6 is 0 Å². The quantitative estimate of drug-likeness (QED) is 0.536. The predicted molar refractivity (Wildman–Crippen MR) is 83.9 cm³/mol. The summed E-state index contributed by atoms with van der Waals surface area (Å²) in [5.41, 5.74) is 7.97. The lowest BCUT2D eigenvalue weighted by Crippen LogP contribution is -2.54. The molecule has 136 valence electrons. The van der Waals surface area contributed by atoms with Crippen molar-refractivity contribution in [2.75, 3.05) is 13.1 Å². The van der Waals surface area contributed by atoms with Gasteiger partial charge in [-0.15, -0.1) is 0 Å². The van der Waals surface area contributed by atoms with E-state index in [1.54, 1.807) is 12.8 Å². The fourth-order valence-corrected chi connectivity index (χ4v) is 5.46. The van der Waals surface area contributed by atoms with Crippen LogP contribution in [0.15, 0.2) is 0 Å². The Morgan fingerprint density at radius 3 is 1.22 bits per heavy atom. The molecule has 0 aromatic rings. The Bertz CT molecular complexity index is 435. The van der Waals surface area contributed by atoms with Gasteiger partial charge in [0.05, 0.1) is 13.1 Å². The average molecular weight is 349 g/mol. The number of quaternary nitrogens is 2. The van der Waals surface area contributed by atoms with E-state index in [1.165, 1.54) is 51.6 Å². The van der Waals surface area contributed by atoms with Crippen LogP contribution in [0.1, 0.15) is 51.4 Å². The van der Waals surface area contributed by atoms with Crippen LogP contribution in [0.3, 0.4) is 0 Å². The van der Waals surface area contributed by atoms with Crippen LogP contribution in [0, 0.1) is 35.5 Å². The molecule has 0 aromatic heterocycles. The van der Waals surface area contributed by atoms with Gasteiger partial charge in [0.2, 0.25) is 0 Å². The van der Waals surface area contributed by atoms with Gasteiger partial charge in [0.15, 0.2) is 0 Å². The lowest BCUT2D eigenvalue weighted by molar-refractivity contribution is -0.382. The average Bonchev–Trinajstić information content (AvgIpc) is 3.25. The molecule has 6 unspecified atom stereocenters. The van der Waals surface area contributed by atoms with E-state index in [2.05, 4.69) is 11.5 Å². The molecule has 4 bridgehead atoms. The first-order valence-electron chi connectivity index (χ1n) is 9.05. The summed E-state index contributed by atoms with van der Waals surface area (Å²) in [6.45, 7) is 2.39. The fraction of sp³-hybridized carbons (Fsp3) is 1.00. The zero-order chi connectivity index (χ0) is 17.0. The molecule has 4 fully saturated rings. The number of hydrogen-bond acceptors (Lipinski definition) is 4. The molecular weight excluding hydrogens is 316 g/mol. The van der Waals surface area contributed by atoms with Crippen LogP contribution in [0.4, 0.5) is 0 Å². The smallest absolute Gasteiger partial charge is 0.0771 e. The van der Waals surface area contributed by atoms with E-state index in [1.807, 2.05) is 0 Å². The second-order valence-electron chi connectivity index (χ2n) is 7.86. The Kier molecular flexibility index (Phi) is 6.86. The molecule has 0 aromatic carbocycles. The van der Waals surface area contributed by atoms with Gasteiger partial charge in [-0.25, -0.2) is 0 Å². The van der Waals surface area contributed by atoms with Crippen molar-refractivity contribution in [2.24, 2.45) is 35.5 Å². The topological polar surface area (TPSA) is 136 Å². The molecule has 0 heterocycles. The van der Waals surface area contributed by atoms with Gasteiger partial charge in [-0.3, -0.25) is 8.42 Å². The minimum absolute atomic E-state index is 1.02. The summed E-state index contributed by atoms with van der Waals surface area (Å²) in [6, 6.07) is 0. The molecule has 6 nitrogen and oxygen atoms in total. The molecule has 4 rings (SSSR count). The maximum absolute atomic E-state index is 8.52. The lowest BCUT2D eigenvalue weighted by atomic mass is 9.89. The Labute approximate surface area is 140 Å². The monoisotopic (exact) mass is 348 g/mol. The largest absolute Gasteiger partial charge is 0.759 e. The number of fused-ring (bicyclic) bond motifs is 4. The van der Waals surface area contributed by atoms with Crippen LogP contribution in [0.2, 0.25) is 0 Å². The highest BCUT2D eigenvalue weighted by Crippen LogP contribution is 2.48. The van der Waals surface area contributed by atoms with Gasteiger partial charge in [0.1, 0.15) is 0 Å². The minimum atomic E-state index is -5.17. The van der Waals surface area contributed by atoms with Crippen molar-refractivity contribution in [3.8, 4) is 0 Å². The van der Waals surface area contributed by atoms with Gasteiger partial charge in [-0.2, -0.15) is 0 Å². The lowest BCUT2D eigenvalue weighted by Gasteiger charge is -2.16. The van der Waals surface area contributed by atoms with Gasteiger partial charge < -0.3 is 20.6 Å². The summed E-state index contributed by atoms with van der Waals surface area (Å²) in [4.78, 5) is 0. The summed E-state index contributed by atoms with van der Waals surface area (Å²) in [5.74, 6) is 6.44. The molecule has 6 atom stereocenters. The van der Waals surface area contributed by atoms with E-state index in [4.69, 9.17) is 17.5 Å². The maximum Gasteiger partial charge on any atom is 0.0771 e. The van der Waals surface area contributed by atoms with Crippen molar-refractivity contribution < 1.29 is 29.0 Å². The van der Waals surface area contributed by atoms with Crippen molar-refractivity contribution in [3.05, 3.63) is 0 Å². The van der Waals surface area contributed by atoms with Crippen LogP contribution < -0.4 is 11.5 Å². The van der Waals surface area contributed by atoms with Crippen LogP contribution in [0.5, 0.6) is 0 Å². The van der Waals surface area contributed by atoms with E-state index in [0.717, 1.165) is 35.5 Å². The van der Waals surface area contributed by atoms with E-state index in [0.29, 0.717) is 0 Å². The van der Waals surface area contributed by atoms with E-state index in [-0.39, 0.29) is 0 Å². The molecule has 4 aliphatic carbocycles. The SMILES string of the molecule is O=S(=O)([O-])[O-].[NH3+]CC1CC2CCC1C2.[NH3+]CC1CC2CCC1C2. The van der Waals surface area contributed by atoms with Crippen molar-refractivity contribution in [2.45, 2.75) is 51.4 Å². The minimum Gasteiger partial charge on any atom is -0.759 e. The van der Waals surface area contributed by atoms with Crippen LogP contribution in [0.25, 0.3) is 0 Å². The highest BCUT2D eigenvalue weighted by atomic mass is 32.3. The maximum atomic E-state index is 8.52. The molecular formula is C16H32N2O4S. The van der Waals surface area contributed by atoms with Crippen molar-refractivity contribution in [3.63, 3.8) is 0 Å². The van der Waals surface area contributed by atoms with Crippen molar-refractivity contribution in [1.82, 2.24) is 0 Å². The summed E-state index contributed by atoms with van der Waals surface area (Å²) < 4.78 is 34.1. The van der Waals surface area contributed by atoms with Gasteiger partial charge in [-0.1, -0.05) is 12.8 Å². The van der Waals surface area contributed by atoms with Crippen LogP contribution in [-0.2, 0) is 10.4 Å². The standard InChI is InChI=1S/2C8H15N.H2O4S/c2*9-5-8-4-6-1-2-7(8)3-6;1-5(2,3)4/h2*6-8H,1-5,9H2;(H2,1,2,3,4). The Morgan fingerprint density at radius 1 is 0.739 bits per heavy atom. The summed E-state index contributed by atoms with van der Waals surface area (Å²) >= 11 is 0. The Hall–Kier alpha value is -0.210. The predicted octanol–water partition coefficient (Wildman–Crippen LogP) is -0.00900. The van der Waals surface area contributed by atoms with E-state index in [9.17, 15) is 0 Å². The van der Waals surface area contributed by atoms with Gasteiger partial charge >= 0.3 is 0 Å². The van der Waals surface area contributed by atoms with Crippen molar-refractivity contribution in [1.29, 1.82) is 0 Å². The van der Waals surface area contributed by atoms with Gasteiger partial charge in [0, 0.05) is 22.2 Å². The zero-order valence-electron chi connectivity index (χ0n) is 14.0. The normalized spacial score (nSPS) is 40.3. The summed E-state index contributed by atoms with van der Waals surface area (Å²) in [6.07, 6.45) is 12.2. The van der Waals surface area contributed by atoms with Crippen LogP contribution in [-0.4, -0.2) is 30.6 Å². The highest BCUT2D eigenvalue weighted by Gasteiger charge is 2.40. The first-order valence-corrected chi connectivity index (χ1v) is 10.4. The molecule has 4 saturated carbocycles. The third kappa shape index (κ3) is 5.98. The summed E-state index contributed by atoms with van der Waals surface area (Å²) in [5, 5.41) is 0. The molecule has 0 radical (unpaired) electrons. The molecule has 4 aliphatic rings. The first-order chi connectivity index (χ1) is 10.8. The molecule has 0 saturated heterocycles. The van der Waals surface area contributed by atoms with Gasteiger partial charge in [-0.05, 0) is 62.2 Å². The first kappa shape index (κ1) is 19.1. The second kappa shape index (κ2) is 8.25. The Morgan fingerprint density at radius 2 is 1.09 bits per heavy atom. The molecule has 6 N–H and O–H groups in total. The zero-order valence-corrected chi connectivity index (χ0v) is 14.8. The van der Waals surface area contributed by atoms with E-state index >= 15 is 0 Å². The summed E-state index contributed by atoms with van der Waals surface area (Å²) in [7, 11) is -5.17. The second-order valence-corrected chi connectivity index (χ2v) is 8.67. The fourth-order valence-electron chi connectivity index (χ4n) is 5.46. The van der Waals surface area contributed by atoms with Gasteiger partial charge in [0.25, 0.3) is 0 Å². The number of rotatable bonds is 2. The highest BCUT2D eigenvalue weighted by molar-refractivity contribution is 7.79. The molecule has 0 aliphatic heterocycles. The van der Waals surface area contributed by atoms with E-state index < -0.39 is 10.4 Å². The van der Waals surface area contributed by atoms with Crippen molar-refractivity contribution >= 4 is 10.4 Å².